The molecule has 0 heterocycles. The summed E-state index contributed by atoms with van der Waals surface area (Å²) < 4.78 is 0. The summed E-state index contributed by atoms with van der Waals surface area (Å²) in [4.78, 5) is 0. The third-order valence-electron chi connectivity index (χ3n) is 0. The smallest absolute Gasteiger partial charge is 0.512 e. The third-order valence-corrected chi connectivity index (χ3v) is 0. The van der Waals surface area contributed by atoms with Crippen molar-refractivity contribution in [2.75, 3.05) is 0 Å². The summed E-state index contributed by atoms with van der Waals surface area (Å²) in [5.41, 5.74) is 0. The van der Waals surface area contributed by atoms with E-state index in [0.717, 1.165) is 0 Å². The van der Waals surface area contributed by atoms with Gasteiger partial charge in [-0.2, -0.15) is 0 Å². The van der Waals surface area contributed by atoms with E-state index < -0.39 is 0 Å². The van der Waals surface area contributed by atoms with Crippen LogP contribution in [0.25, 0.3) is 0 Å². The van der Waals surface area contributed by atoms with Crippen LogP contribution in [0.2, 0.25) is 0 Å². The zero-order valence-electron chi connectivity index (χ0n) is 2.80. The quantitative estimate of drug-likeness (QED) is 0.415. The minimum absolute atomic E-state index is 0. The summed E-state index contributed by atoms with van der Waals surface area (Å²) in [6, 6.07) is 0. The second-order valence-corrected chi connectivity index (χ2v) is 0. The average Bonchev–Trinajstić information content (AvgIpc) is 1.50. The van der Waals surface area contributed by atoms with E-state index in [1.807, 2.05) is 0 Å². The maximum atomic E-state index is 6.25. The van der Waals surface area contributed by atoms with Crippen molar-refractivity contribution in [1.82, 2.24) is 0 Å². The molecule has 51 valence electrons. The van der Waals surface area contributed by atoms with E-state index in [0.29, 0.717) is 0 Å². The first-order chi connectivity index (χ1) is 2.00. The molecule has 0 rings (SSSR count). The fourth-order valence-corrected chi connectivity index (χ4v) is 0. The molecule has 0 fully saturated rings. The summed E-state index contributed by atoms with van der Waals surface area (Å²) in [5, 5.41) is 12.5. The van der Waals surface area contributed by atoms with Crippen molar-refractivity contribution >= 4 is 0 Å². The first-order valence-corrected chi connectivity index (χ1v) is 0.447. The SMILES string of the molecule is [Ag].[Au].[C-]#N.[C-]#N.[Cu+2]. The summed E-state index contributed by atoms with van der Waals surface area (Å²) in [7, 11) is 0. The zero-order valence-corrected chi connectivity index (χ0v) is 7.39. The molecular formula is C2AgAuCuN2. The topological polar surface area (TPSA) is 47.6 Å². The standard InChI is InChI=1S/2CN.Ag.Au.Cu/c2*1-2;;;/q2*-1;;;+2. The van der Waals surface area contributed by atoms with Gasteiger partial charge in [0.15, 0.2) is 0 Å². The second-order valence-electron chi connectivity index (χ2n) is 0. The van der Waals surface area contributed by atoms with Crippen LogP contribution in [-0.2, 0) is 61.8 Å². The molecule has 0 aliphatic heterocycles. The van der Waals surface area contributed by atoms with Gasteiger partial charge in [-0.3, -0.25) is 0 Å². The van der Waals surface area contributed by atoms with Gasteiger partial charge in [0.2, 0.25) is 0 Å². The molecule has 0 saturated heterocycles. The van der Waals surface area contributed by atoms with Crippen molar-refractivity contribution in [3.63, 3.8) is 0 Å². The Morgan fingerprint density at radius 2 is 0.857 bits per heavy atom. The molecular weight excluding hydrogens is 420 g/mol. The van der Waals surface area contributed by atoms with E-state index in [1.54, 1.807) is 0 Å². The molecule has 0 spiro atoms. The largest absolute Gasteiger partial charge is 2.00 e. The fourth-order valence-electron chi connectivity index (χ4n) is 0. The third kappa shape index (κ3) is 180. The van der Waals surface area contributed by atoms with Gasteiger partial charge in [-0.15, -0.1) is 0 Å². The molecule has 3 radical (unpaired) electrons. The zero-order chi connectivity index (χ0) is 4.00. The van der Waals surface area contributed by atoms with E-state index in [-0.39, 0.29) is 61.8 Å². The monoisotopic (exact) mass is 419 g/mol. The second kappa shape index (κ2) is 260. The van der Waals surface area contributed by atoms with Gasteiger partial charge in [-0.05, 0) is 0 Å². The minimum Gasteiger partial charge on any atom is -0.512 e. The molecule has 5 heteroatoms. The Morgan fingerprint density at radius 1 is 0.857 bits per heavy atom. The fraction of sp³-hybridized carbons (Fsp3) is 0. The molecule has 0 amide bonds. The van der Waals surface area contributed by atoms with Crippen LogP contribution in [-0.4, -0.2) is 0 Å². The molecule has 0 atom stereocenters. The Balaban J connectivity index is -0.00000000267. The van der Waals surface area contributed by atoms with Crippen LogP contribution in [0.5, 0.6) is 0 Å². The molecule has 0 aromatic carbocycles. The Bertz CT molecular complexity index is 31.2. The molecule has 0 aromatic heterocycles. The van der Waals surface area contributed by atoms with Crippen molar-refractivity contribution in [3.8, 4) is 0 Å². The first-order valence-electron chi connectivity index (χ1n) is 0.447. The molecule has 2 nitrogen and oxygen atoms in total. The van der Waals surface area contributed by atoms with Crippen molar-refractivity contribution in [3.05, 3.63) is 13.1 Å². The van der Waals surface area contributed by atoms with Crippen LogP contribution >= 0.6 is 0 Å². The van der Waals surface area contributed by atoms with Crippen molar-refractivity contribution in [2.45, 2.75) is 0 Å². The van der Waals surface area contributed by atoms with E-state index in [1.165, 1.54) is 0 Å². The predicted molar refractivity (Wildman–Crippen MR) is 9.94 cm³/mol. The molecule has 0 N–H and O–H groups in total. The number of nitrogens with zero attached hydrogens (tertiary/aromatic N) is 2. The Hall–Kier alpha value is 0.980. The molecule has 7 heavy (non-hydrogen) atoms. The van der Waals surface area contributed by atoms with Crippen LogP contribution in [0.1, 0.15) is 0 Å². The molecule has 0 aliphatic rings. The van der Waals surface area contributed by atoms with Crippen LogP contribution < -0.4 is 0 Å². The van der Waals surface area contributed by atoms with Gasteiger partial charge in [0.05, 0.1) is 0 Å². The van der Waals surface area contributed by atoms with E-state index in [2.05, 4.69) is 0 Å². The van der Waals surface area contributed by atoms with Crippen LogP contribution in [0.4, 0.5) is 0 Å². The number of hydrogen-bond acceptors (Lipinski definition) is 2. The van der Waals surface area contributed by atoms with Gasteiger partial charge in [0.25, 0.3) is 0 Å². The van der Waals surface area contributed by atoms with E-state index in [4.69, 9.17) is 23.7 Å². The van der Waals surface area contributed by atoms with Crippen LogP contribution in [0.15, 0.2) is 0 Å². The van der Waals surface area contributed by atoms with Crippen molar-refractivity contribution in [2.24, 2.45) is 0 Å². The van der Waals surface area contributed by atoms with E-state index >= 15 is 0 Å². The summed E-state index contributed by atoms with van der Waals surface area (Å²) >= 11 is 0. The van der Waals surface area contributed by atoms with Crippen molar-refractivity contribution < 1.29 is 61.8 Å². The molecule has 0 bridgehead atoms. The number of hydrogen-bond donors (Lipinski definition) is 0. The number of rotatable bonds is 0. The Labute approximate surface area is 84.8 Å². The van der Waals surface area contributed by atoms with Crippen LogP contribution in [0, 0.1) is 23.7 Å². The van der Waals surface area contributed by atoms with Gasteiger partial charge >= 0.3 is 17.1 Å². The summed E-state index contributed by atoms with van der Waals surface area (Å²) in [5.74, 6) is 0. The maximum Gasteiger partial charge on any atom is 2.00 e. The van der Waals surface area contributed by atoms with Gasteiger partial charge in [-0.1, -0.05) is 0 Å². The summed E-state index contributed by atoms with van der Waals surface area (Å²) in [6.45, 7) is 9.50. The Morgan fingerprint density at radius 3 is 0.857 bits per heavy atom. The van der Waals surface area contributed by atoms with E-state index in [9.17, 15) is 0 Å². The van der Waals surface area contributed by atoms with Crippen molar-refractivity contribution in [1.29, 1.82) is 10.5 Å². The van der Waals surface area contributed by atoms with Gasteiger partial charge < -0.3 is 23.7 Å². The molecule has 0 unspecified atom stereocenters. The maximum absolute atomic E-state index is 6.25. The van der Waals surface area contributed by atoms with Gasteiger partial charge in [0.1, 0.15) is 0 Å². The first kappa shape index (κ1) is 43.8. The average molecular weight is 420 g/mol. The predicted octanol–water partition coefficient (Wildman–Crippen LogP) is 0.185. The van der Waals surface area contributed by atoms with Gasteiger partial charge in [0, 0.05) is 44.8 Å². The normalized spacial score (nSPS) is 0.571. The minimum atomic E-state index is 0. The summed E-state index contributed by atoms with van der Waals surface area (Å²) in [6.07, 6.45) is 0. The van der Waals surface area contributed by atoms with Crippen LogP contribution in [0.3, 0.4) is 0 Å². The Kier molecular flexibility index (Phi) is 1630. The molecule has 0 aromatic rings. The van der Waals surface area contributed by atoms with Gasteiger partial charge in [-0.25, -0.2) is 0 Å². The molecule has 0 aliphatic carbocycles. The molecule has 0 saturated carbocycles.